The third-order valence-electron chi connectivity index (χ3n) is 4.28. The van der Waals surface area contributed by atoms with Crippen molar-refractivity contribution in [2.24, 2.45) is 0 Å². The van der Waals surface area contributed by atoms with Crippen LogP contribution in [0.4, 0.5) is 0 Å². The van der Waals surface area contributed by atoms with Crippen molar-refractivity contribution >= 4 is 23.2 Å². The molecule has 9 nitrogen and oxygen atoms in total. The molecule has 1 aromatic carbocycles. The molecule has 156 valence electrons. The Hall–Kier alpha value is -3.74. The molecule has 2 aromatic heterocycles. The second kappa shape index (κ2) is 8.55. The highest BCUT2D eigenvalue weighted by Crippen LogP contribution is 2.36. The monoisotopic (exact) mass is 457 g/mol. The molecule has 31 heavy (non-hydrogen) atoms. The van der Waals surface area contributed by atoms with Gasteiger partial charge in [-0.3, -0.25) is 9.78 Å². The van der Waals surface area contributed by atoms with Gasteiger partial charge in [0.15, 0.2) is 5.75 Å². The summed E-state index contributed by atoms with van der Waals surface area (Å²) in [6, 6.07) is 6.29. The molecule has 4 rings (SSSR count). The van der Waals surface area contributed by atoms with Crippen molar-refractivity contribution in [2.75, 3.05) is 6.54 Å². The predicted octanol–water partition coefficient (Wildman–Crippen LogP) is 2.98. The molecule has 0 aliphatic carbocycles. The maximum atomic E-state index is 12.1. The number of benzene rings is 1. The summed E-state index contributed by atoms with van der Waals surface area (Å²) in [5, 5.41) is 12.9. The van der Waals surface area contributed by atoms with E-state index in [1.54, 1.807) is 24.7 Å². The van der Waals surface area contributed by atoms with Gasteiger partial charge in [0, 0.05) is 24.9 Å². The van der Waals surface area contributed by atoms with Crippen molar-refractivity contribution in [3.63, 3.8) is 0 Å². The molecule has 0 atom stereocenters. The number of nitriles is 1. The van der Waals surface area contributed by atoms with Gasteiger partial charge in [-0.15, -0.1) is 5.10 Å². The summed E-state index contributed by atoms with van der Waals surface area (Å²) in [7, 11) is 0. The highest BCUT2D eigenvalue weighted by molar-refractivity contribution is 6.37. The van der Waals surface area contributed by atoms with Gasteiger partial charge in [-0.25, -0.2) is 4.79 Å². The van der Waals surface area contributed by atoms with E-state index in [2.05, 4.69) is 5.10 Å². The number of aromatic nitrogens is 3. The van der Waals surface area contributed by atoms with Crippen LogP contribution in [0.1, 0.15) is 11.3 Å². The number of rotatable bonds is 5. The van der Waals surface area contributed by atoms with Gasteiger partial charge in [-0.1, -0.05) is 29.3 Å². The molecular weight excluding hydrogens is 445 g/mol. The summed E-state index contributed by atoms with van der Waals surface area (Å²) in [6.07, 6.45) is 8.82. The lowest BCUT2D eigenvalue weighted by atomic mass is 10.2. The standard InChI is InChI=1S/C20H13Cl2N5O4/c21-15-6-13(27-20(29)24-19(28)17(8-23)25-27)7-16(22)18(15)31-14-2-1-4-26(10-14)9-12-3-5-30-11-12/h1-3,5-7,10-11H,4,9H2,(H,24,28,29). The van der Waals surface area contributed by atoms with Crippen LogP contribution in [0.3, 0.4) is 0 Å². The second-order valence-corrected chi connectivity index (χ2v) is 7.28. The van der Waals surface area contributed by atoms with E-state index in [1.807, 2.05) is 28.2 Å². The molecule has 1 N–H and O–H groups in total. The van der Waals surface area contributed by atoms with Gasteiger partial charge in [-0.2, -0.15) is 9.94 Å². The van der Waals surface area contributed by atoms with Crippen LogP contribution in [0.2, 0.25) is 10.0 Å². The second-order valence-electron chi connectivity index (χ2n) is 6.47. The first-order valence-electron chi connectivity index (χ1n) is 8.89. The molecule has 1 aliphatic rings. The van der Waals surface area contributed by atoms with Crippen molar-refractivity contribution in [1.82, 2.24) is 19.7 Å². The van der Waals surface area contributed by atoms with Gasteiger partial charge >= 0.3 is 5.69 Å². The molecular formula is C20H13Cl2N5O4. The van der Waals surface area contributed by atoms with E-state index in [0.29, 0.717) is 18.8 Å². The van der Waals surface area contributed by atoms with E-state index < -0.39 is 16.9 Å². The molecule has 1 aliphatic heterocycles. The number of nitrogens with zero attached hydrogens (tertiary/aromatic N) is 4. The van der Waals surface area contributed by atoms with Gasteiger partial charge < -0.3 is 14.1 Å². The molecule has 0 saturated heterocycles. The molecule has 3 aromatic rings. The normalized spacial score (nSPS) is 13.1. The van der Waals surface area contributed by atoms with Crippen LogP contribution in [0.25, 0.3) is 5.69 Å². The highest BCUT2D eigenvalue weighted by atomic mass is 35.5. The quantitative estimate of drug-likeness (QED) is 0.625. The summed E-state index contributed by atoms with van der Waals surface area (Å²) in [5.74, 6) is 0.698. The number of aromatic amines is 1. The fourth-order valence-electron chi connectivity index (χ4n) is 2.90. The number of hydrogen-bond donors (Lipinski definition) is 1. The van der Waals surface area contributed by atoms with Gasteiger partial charge in [-0.05, 0) is 24.3 Å². The Morgan fingerprint density at radius 1 is 1.29 bits per heavy atom. The summed E-state index contributed by atoms with van der Waals surface area (Å²) in [4.78, 5) is 27.7. The summed E-state index contributed by atoms with van der Waals surface area (Å²) >= 11 is 12.7. The Morgan fingerprint density at radius 2 is 2.06 bits per heavy atom. The van der Waals surface area contributed by atoms with Crippen molar-refractivity contribution < 1.29 is 9.15 Å². The van der Waals surface area contributed by atoms with Crippen LogP contribution < -0.4 is 16.0 Å². The minimum atomic E-state index is -0.878. The average Bonchev–Trinajstić information content (AvgIpc) is 3.24. The minimum Gasteiger partial charge on any atom is -0.472 e. The molecule has 11 heteroatoms. The van der Waals surface area contributed by atoms with Gasteiger partial charge in [0.25, 0.3) is 5.56 Å². The smallest absolute Gasteiger partial charge is 0.349 e. The predicted molar refractivity (Wildman–Crippen MR) is 112 cm³/mol. The van der Waals surface area contributed by atoms with Crippen LogP contribution in [0, 0.1) is 11.3 Å². The average molecular weight is 458 g/mol. The Morgan fingerprint density at radius 3 is 2.74 bits per heavy atom. The van der Waals surface area contributed by atoms with E-state index in [1.165, 1.54) is 12.1 Å². The number of hydrogen-bond acceptors (Lipinski definition) is 7. The van der Waals surface area contributed by atoms with Crippen molar-refractivity contribution in [3.8, 4) is 17.5 Å². The highest BCUT2D eigenvalue weighted by Gasteiger charge is 2.16. The number of nitrogens with one attached hydrogen (secondary N) is 1. The van der Waals surface area contributed by atoms with Gasteiger partial charge in [0.05, 0.1) is 28.3 Å². The summed E-state index contributed by atoms with van der Waals surface area (Å²) in [5.41, 5.74) is -1.01. The first-order valence-corrected chi connectivity index (χ1v) is 9.64. The summed E-state index contributed by atoms with van der Waals surface area (Å²) < 4.78 is 11.8. The number of furan rings is 1. The Bertz CT molecular complexity index is 1330. The fraction of sp³-hybridized carbons (Fsp3) is 0.100. The largest absolute Gasteiger partial charge is 0.472 e. The van der Waals surface area contributed by atoms with Crippen molar-refractivity contribution in [1.29, 1.82) is 5.26 Å². The summed E-state index contributed by atoms with van der Waals surface area (Å²) in [6.45, 7) is 1.33. The molecule has 0 fully saturated rings. The maximum absolute atomic E-state index is 12.1. The number of H-pyrrole nitrogens is 1. The van der Waals surface area contributed by atoms with E-state index in [4.69, 9.17) is 37.6 Å². The molecule has 0 saturated carbocycles. The van der Waals surface area contributed by atoms with Gasteiger partial charge in [0.2, 0.25) is 5.69 Å². The third kappa shape index (κ3) is 4.40. The van der Waals surface area contributed by atoms with E-state index in [-0.39, 0.29) is 21.5 Å². The number of allylic oxidation sites excluding steroid dienone is 1. The molecule has 0 bridgehead atoms. The molecule has 0 spiro atoms. The Balaban J connectivity index is 1.62. The van der Waals surface area contributed by atoms with Crippen LogP contribution in [-0.2, 0) is 6.54 Å². The number of halogens is 2. The van der Waals surface area contributed by atoms with E-state index in [9.17, 15) is 9.59 Å². The van der Waals surface area contributed by atoms with Crippen LogP contribution in [0.5, 0.6) is 5.75 Å². The lowest BCUT2D eigenvalue weighted by Crippen LogP contribution is -2.33. The zero-order chi connectivity index (χ0) is 22.0. The lowest BCUT2D eigenvalue weighted by Gasteiger charge is -2.23. The Kier molecular flexibility index (Phi) is 5.66. The van der Waals surface area contributed by atoms with Gasteiger partial charge in [0.1, 0.15) is 11.8 Å². The van der Waals surface area contributed by atoms with Crippen molar-refractivity contribution in [3.05, 3.63) is 97.0 Å². The lowest BCUT2D eigenvalue weighted by molar-refractivity contribution is 0.358. The SMILES string of the molecule is N#Cc1nn(-c2cc(Cl)c(OC3=CN(Cc4ccoc4)CC=C3)c(Cl)c2)c(=O)[nH]c1=O. The zero-order valence-electron chi connectivity index (χ0n) is 15.7. The fourth-order valence-corrected chi connectivity index (χ4v) is 3.45. The van der Waals surface area contributed by atoms with E-state index in [0.717, 1.165) is 10.2 Å². The van der Waals surface area contributed by atoms with Crippen molar-refractivity contribution in [2.45, 2.75) is 6.54 Å². The topological polar surface area (TPSA) is 117 Å². The zero-order valence-corrected chi connectivity index (χ0v) is 17.2. The molecule has 0 unspecified atom stereocenters. The van der Waals surface area contributed by atoms with E-state index >= 15 is 0 Å². The van der Waals surface area contributed by atoms with Crippen LogP contribution in [0.15, 0.2) is 68.8 Å². The third-order valence-corrected chi connectivity index (χ3v) is 4.84. The molecule has 0 radical (unpaired) electrons. The minimum absolute atomic E-state index is 0.113. The molecule has 0 amide bonds. The first kappa shape index (κ1) is 20.5. The van der Waals surface area contributed by atoms with Crippen LogP contribution in [-0.4, -0.2) is 26.2 Å². The molecule has 3 heterocycles. The first-order chi connectivity index (χ1) is 14.9. The number of ether oxygens (including phenoxy) is 1. The maximum Gasteiger partial charge on any atom is 0.349 e. The Labute approximate surface area is 185 Å². The van der Waals surface area contributed by atoms with Crippen LogP contribution >= 0.6 is 23.2 Å².